The molecule has 2 aliphatic rings. The van der Waals surface area contributed by atoms with E-state index in [0.717, 1.165) is 52.9 Å². The van der Waals surface area contributed by atoms with Gasteiger partial charge in [0.15, 0.2) is 12.4 Å². The Kier molecular flexibility index (Phi) is 6.57. The lowest BCUT2D eigenvalue weighted by Gasteiger charge is -2.14. The summed E-state index contributed by atoms with van der Waals surface area (Å²) in [4.78, 5) is 27.5. The van der Waals surface area contributed by atoms with Crippen LogP contribution in [-0.4, -0.2) is 36.3 Å². The average Bonchev–Trinajstić information content (AvgIpc) is 3.34. The topological polar surface area (TPSA) is 114 Å². The first kappa shape index (κ1) is 23.1. The Bertz CT molecular complexity index is 1320. The first-order chi connectivity index (χ1) is 17.0. The van der Waals surface area contributed by atoms with Gasteiger partial charge in [0.1, 0.15) is 5.82 Å². The summed E-state index contributed by atoms with van der Waals surface area (Å²) >= 11 is 0. The zero-order valence-electron chi connectivity index (χ0n) is 19.4. The van der Waals surface area contributed by atoms with Gasteiger partial charge in [0.25, 0.3) is 5.56 Å². The molecular weight excluding hydrogens is 449 g/mol. The molecule has 2 N–H and O–H groups in total. The van der Waals surface area contributed by atoms with Gasteiger partial charge >= 0.3 is 5.97 Å². The van der Waals surface area contributed by atoms with Crippen LogP contribution < -0.4 is 5.56 Å². The quantitative estimate of drug-likeness (QED) is 0.484. The minimum absolute atomic E-state index is 0.0529. The third-order valence-corrected chi connectivity index (χ3v) is 6.80. The Morgan fingerprint density at radius 3 is 2.63 bits per heavy atom. The number of pyridine rings is 1. The number of allylic oxidation sites excluding steroid dienone is 1. The number of aryl methyl sites for hydroxylation is 2. The molecule has 5 rings (SSSR count). The van der Waals surface area contributed by atoms with Crippen molar-refractivity contribution >= 4 is 11.5 Å². The summed E-state index contributed by atoms with van der Waals surface area (Å²) in [5, 5.41) is 20.4. The Hall–Kier alpha value is -3.62. The number of benzene rings is 1. The van der Waals surface area contributed by atoms with Gasteiger partial charge < -0.3 is 10.1 Å². The molecule has 0 saturated heterocycles. The normalized spacial score (nSPS) is 16.7. The van der Waals surface area contributed by atoms with E-state index >= 15 is 4.39 Å². The van der Waals surface area contributed by atoms with E-state index in [4.69, 9.17) is 5.11 Å². The first-order valence-corrected chi connectivity index (χ1v) is 12.2. The number of carboxylic acids is 1. The fourth-order valence-electron chi connectivity index (χ4n) is 4.79. The number of nitrogens with one attached hydrogen (secondary N) is 1. The summed E-state index contributed by atoms with van der Waals surface area (Å²) in [6.07, 6.45) is 9.59. The van der Waals surface area contributed by atoms with Gasteiger partial charge in [-0.1, -0.05) is 37.1 Å². The molecule has 2 aromatic heterocycles. The molecule has 9 heteroatoms. The highest BCUT2D eigenvalue weighted by atomic mass is 19.1. The summed E-state index contributed by atoms with van der Waals surface area (Å²) in [6, 6.07) is 9.04. The highest BCUT2D eigenvalue weighted by Crippen LogP contribution is 2.38. The van der Waals surface area contributed by atoms with Crippen molar-refractivity contribution in [3.63, 3.8) is 0 Å². The number of rotatable bonds is 9. The first-order valence-electron chi connectivity index (χ1n) is 12.2. The second-order valence-corrected chi connectivity index (χ2v) is 9.49. The van der Waals surface area contributed by atoms with Crippen molar-refractivity contribution in [2.45, 2.75) is 63.8 Å². The Morgan fingerprint density at radius 1 is 1.14 bits per heavy atom. The number of tetrazole rings is 1. The Balaban J connectivity index is 1.38. The third kappa shape index (κ3) is 5.55. The highest BCUT2D eigenvalue weighted by Gasteiger charge is 2.26. The molecule has 8 nitrogen and oxygen atoms in total. The molecule has 0 unspecified atom stereocenters. The van der Waals surface area contributed by atoms with Crippen LogP contribution in [-0.2, 0) is 24.2 Å². The van der Waals surface area contributed by atoms with Crippen LogP contribution in [0.1, 0.15) is 72.7 Å². The van der Waals surface area contributed by atoms with Crippen molar-refractivity contribution in [3.8, 4) is 0 Å². The van der Waals surface area contributed by atoms with E-state index in [9.17, 15) is 9.59 Å². The van der Waals surface area contributed by atoms with Crippen LogP contribution in [0.2, 0.25) is 0 Å². The van der Waals surface area contributed by atoms with Gasteiger partial charge in [0, 0.05) is 23.3 Å². The second-order valence-electron chi connectivity index (χ2n) is 9.49. The molecule has 2 heterocycles. The molecule has 0 bridgehead atoms. The molecule has 0 radical (unpaired) electrons. The van der Waals surface area contributed by atoms with Crippen LogP contribution in [0.5, 0.6) is 0 Å². The highest BCUT2D eigenvalue weighted by molar-refractivity contribution is 5.78. The fourth-order valence-corrected chi connectivity index (χ4v) is 4.79. The summed E-state index contributed by atoms with van der Waals surface area (Å²) < 4.78 is 15.1. The largest absolute Gasteiger partial charge is 0.480 e. The third-order valence-electron chi connectivity index (χ3n) is 6.80. The average molecular weight is 478 g/mol. The molecule has 182 valence electrons. The summed E-state index contributed by atoms with van der Waals surface area (Å²) in [5.41, 5.74) is 3.62. The van der Waals surface area contributed by atoms with Crippen LogP contribution in [0.25, 0.3) is 5.57 Å². The Morgan fingerprint density at radius 2 is 1.94 bits per heavy atom. The van der Waals surface area contributed by atoms with Crippen LogP contribution in [0, 0.1) is 11.7 Å². The van der Waals surface area contributed by atoms with Crippen molar-refractivity contribution in [3.05, 3.63) is 80.8 Å². The molecule has 2 aliphatic carbocycles. The minimum atomic E-state index is -1.06. The number of H-pyrrole nitrogens is 1. The standard InChI is InChI=1S/C26H28FN5O3/c27-22-14-19(8-7-18(22)9-12-24-29-31-32(30-24)15-25(33)34)21(13-16-3-1-2-4-16)23-11-10-20(17-5-6-17)26(35)28-23/h7-8,10-11,13-14,16-17H,1-6,9,12,15H2,(H,28,35)(H,33,34)/b21-13+. The number of hydrogen-bond acceptors (Lipinski definition) is 5. The summed E-state index contributed by atoms with van der Waals surface area (Å²) in [5.74, 6) is -0.244. The van der Waals surface area contributed by atoms with E-state index in [1.807, 2.05) is 18.2 Å². The zero-order chi connectivity index (χ0) is 24.4. The van der Waals surface area contributed by atoms with Crippen molar-refractivity contribution in [1.82, 2.24) is 25.2 Å². The number of carbonyl (C=O) groups is 1. The zero-order valence-corrected chi connectivity index (χ0v) is 19.4. The van der Waals surface area contributed by atoms with E-state index in [1.54, 1.807) is 6.07 Å². The minimum Gasteiger partial charge on any atom is -0.480 e. The number of halogens is 1. The second kappa shape index (κ2) is 9.93. The maximum Gasteiger partial charge on any atom is 0.327 e. The van der Waals surface area contributed by atoms with Crippen molar-refractivity contribution in [2.75, 3.05) is 0 Å². The predicted molar refractivity (Wildman–Crippen MR) is 127 cm³/mol. The molecule has 35 heavy (non-hydrogen) atoms. The fraction of sp³-hybridized carbons (Fsp3) is 0.423. The molecule has 2 saturated carbocycles. The van der Waals surface area contributed by atoms with E-state index in [2.05, 4.69) is 26.5 Å². The molecular formula is C26H28FN5O3. The molecule has 0 spiro atoms. The predicted octanol–water partition coefficient (Wildman–Crippen LogP) is 3.87. The van der Waals surface area contributed by atoms with Gasteiger partial charge in [-0.15, -0.1) is 10.2 Å². The monoisotopic (exact) mass is 477 g/mol. The maximum atomic E-state index is 15.1. The van der Waals surface area contributed by atoms with Crippen molar-refractivity contribution < 1.29 is 14.3 Å². The van der Waals surface area contributed by atoms with Crippen LogP contribution in [0.3, 0.4) is 0 Å². The van der Waals surface area contributed by atoms with Gasteiger partial charge in [-0.3, -0.25) is 9.59 Å². The summed E-state index contributed by atoms with van der Waals surface area (Å²) in [7, 11) is 0. The van der Waals surface area contributed by atoms with Crippen molar-refractivity contribution in [1.29, 1.82) is 0 Å². The lowest BCUT2D eigenvalue weighted by Crippen LogP contribution is -2.14. The molecule has 0 amide bonds. The van der Waals surface area contributed by atoms with Gasteiger partial charge in [-0.2, -0.15) is 4.80 Å². The number of carboxylic acid groups (broad SMARTS) is 1. The van der Waals surface area contributed by atoms with Gasteiger partial charge in [-0.05, 0) is 72.4 Å². The van der Waals surface area contributed by atoms with E-state index < -0.39 is 5.97 Å². The number of nitrogens with zero attached hydrogens (tertiary/aromatic N) is 4. The van der Waals surface area contributed by atoms with Crippen LogP contribution >= 0.6 is 0 Å². The van der Waals surface area contributed by atoms with E-state index in [0.29, 0.717) is 36.1 Å². The van der Waals surface area contributed by atoms with Gasteiger partial charge in [0.2, 0.25) is 0 Å². The molecule has 0 atom stereocenters. The lowest BCUT2D eigenvalue weighted by molar-refractivity contribution is -0.138. The number of aliphatic carboxylic acids is 1. The number of aromatic nitrogens is 5. The Labute approximate surface area is 201 Å². The smallest absolute Gasteiger partial charge is 0.327 e. The molecule has 3 aromatic rings. The number of hydrogen-bond donors (Lipinski definition) is 2. The molecule has 2 fully saturated rings. The van der Waals surface area contributed by atoms with E-state index in [-0.39, 0.29) is 17.9 Å². The molecule has 1 aromatic carbocycles. The van der Waals surface area contributed by atoms with Crippen LogP contribution in [0.4, 0.5) is 4.39 Å². The van der Waals surface area contributed by atoms with Gasteiger partial charge in [0.05, 0.1) is 0 Å². The lowest BCUT2D eigenvalue weighted by atomic mass is 9.94. The van der Waals surface area contributed by atoms with Gasteiger partial charge in [-0.25, -0.2) is 4.39 Å². The molecule has 0 aliphatic heterocycles. The van der Waals surface area contributed by atoms with Crippen molar-refractivity contribution in [2.24, 2.45) is 5.92 Å². The maximum absolute atomic E-state index is 15.1. The van der Waals surface area contributed by atoms with Crippen LogP contribution in [0.15, 0.2) is 41.2 Å². The number of aromatic amines is 1. The summed E-state index contributed by atoms with van der Waals surface area (Å²) in [6.45, 7) is -0.365. The SMILES string of the molecule is O=C(O)Cn1nnc(CCc2ccc(/C(=C\C3CCCC3)c3ccc(C4CC4)c(=O)[nH]3)cc2F)n1. The van der Waals surface area contributed by atoms with E-state index in [1.165, 1.54) is 18.9 Å².